The number of amides is 1. The van der Waals surface area contributed by atoms with E-state index in [0.29, 0.717) is 12.3 Å². The van der Waals surface area contributed by atoms with E-state index in [1.807, 2.05) is 31.1 Å². The highest BCUT2D eigenvalue weighted by Crippen LogP contribution is 2.18. The van der Waals surface area contributed by atoms with Gasteiger partial charge < -0.3 is 14.5 Å². The molecule has 0 saturated carbocycles. The fraction of sp³-hybridized carbons (Fsp3) is 0.353. The third kappa shape index (κ3) is 4.82. The van der Waals surface area contributed by atoms with Crippen LogP contribution in [-0.4, -0.2) is 37.6 Å². The molecule has 0 aliphatic carbocycles. The molecule has 0 bridgehead atoms. The summed E-state index contributed by atoms with van der Waals surface area (Å²) in [4.78, 5) is 14.1. The first-order valence-corrected chi connectivity index (χ1v) is 7.37. The molecule has 0 fully saturated rings. The lowest BCUT2D eigenvalue weighted by Gasteiger charge is -2.23. The minimum absolute atomic E-state index is 0.0738. The lowest BCUT2D eigenvalue weighted by atomic mass is 10.2. The Hall–Kier alpha value is -2.34. The molecule has 1 aromatic heterocycles. The Balaban J connectivity index is 1.90. The van der Waals surface area contributed by atoms with Gasteiger partial charge in [0.25, 0.3) is 5.91 Å². The molecule has 124 valence electrons. The number of halogens is 1. The molecule has 0 aliphatic heterocycles. The smallest absolute Gasteiger partial charge is 0.260 e. The van der Waals surface area contributed by atoms with Gasteiger partial charge in [0.15, 0.2) is 6.10 Å². The molecule has 2 rings (SSSR count). The Kier molecular flexibility index (Phi) is 5.76. The van der Waals surface area contributed by atoms with Crippen LogP contribution in [-0.2, 0) is 4.79 Å². The van der Waals surface area contributed by atoms with Gasteiger partial charge in [0.2, 0.25) is 0 Å². The van der Waals surface area contributed by atoms with Crippen molar-refractivity contribution in [1.82, 2.24) is 10.2 Å². The molecule has 2 atom stereocenters. The maximum atomic E-state index is 13.1. The maximum absolute atomic E-state index is 13.1. The van der Waals surface area contributed by atoms with Gasteiger partial charge >= 0.3 is 0 Å². The predicted octanol–water partition coefficient (Wildman–Crippen LogP) is 2.61. The van der Waals surface area contributed by atoms with Crippen molar-refractivity contribution in [3.63, 3.8) is 0 Å². The number of ether oxygens (including phenoxy) is 1. The fourth-order valence-electron chi connectivity index (χ4n) is 2.16. The van der Waals surface area contributed by atoms with E-state index < -0.39 is 11.9 Å². The van der Waals surface area contributed by atoms with E-state index >= 15 is 0 Å². The maximum Gasteiger partial charge on any atom is 0.260 e. The molecular weight excluding hydrogens is 299 g/mol. The summed E-state index contributed by atoms with van der Waals surface area (Å²) >= 11 is 0. The number of nitrogens with zero attached hydrogens (tertiary/aromatic N) is 1. The van der Waals surface area contributed by atoms with Crippen LogP contribution in [0.15, 0.2) is 47.1 Å². The largest absolute Gasteiger partial charge is 0.481 e. The molecule has 1 heterocycles. The number of rotatable bonds is 7. The molecule has 1 aromatic carbocycles. The van der Waals surface area contributed by atoms with Crippen LogP contribution >= 0.6 is 0 Å². The first-order chi connectivity index (χ1) is 11.0. The standard InChI is InChI=1S/C17H21FN2O3/c1-12(23-14-7-4-6-13(18)10-14)17(21)19-11-15(20(2)3)16-8-5-9-22-16/h4-10,12,15H,11H2,1-3H3,(H,19,21)/t12-,15+/m1/s1. The summed E-state index contributed by atoms with van der Waals surface area (Å²) in [6.07, 6.45) is 0.875. The summed E-state index contributed by atoms with van der Waals surface area (Å²) in [6.45, 7) is 2.01. The van der Waals surface area contributed by atoms with Gasteiger partial charge in [0, 0.05) is 12.6 Å². The van der Waals surface area contributed by atoms with Crippen molar-refractivity contribution in [1.29, 1.82) is 0 Å². The van der Waals surface area contributed by atoms with Gasteiger partial charge in [-0.25, -0.2) is 4.39 Å². The molecule has 23 heavy (non-hydrogen) atoms. The van der Waals surface area contributed by atoms with E-state index in [9.17, 15) is 9.18 Å². The molecule has 1 amide bonds. The normalized spacial score (nSPS) is 13.6. The van der Waals surface area contributed by atoms with Gasteiger partial charge in [-0.05, 0) is 45.3 Å². The van der Waals surface area contributed by atoms with E-state index in [2.05, 4.69) is 5.32 Å². The van der Waals surface area contributed by atoms with E-state index in [1.165, 1.54) is 18.2 Å². The van der Waals surface area contributed by atoms with Gasteiger partial charge in [-0.1, -0.05) is 6.07 Å². The van der Waals surface area contributed by atoms with Crippen LogP contribution in [0.25, 0.3) is 0 Å². The lowest BCUT2D eigenvalue weighted by Crippen LogP contribution is -2.40. The van der Waals surface area contributed by atoms with Crippen LogP contribution in [0.2, 0.25) is 0 Å². The Bertz CT molecular complexity index is 629. The van der Waals surface area contributed by atoms with E-state index in [0.717, 1.165) is 5.76 Å². The van der Waals surface area contributed by atoms with Crippen molar-refractivity contribution >= 4 is 5.91 Å². The zero-order valence-electron chi connectivity index (χ0n) is 13.5. The average Bonchev–Trinajstić information content (AvgIpc) is 3.01. The SMILES string of the molecule is C[C@@H](Oc1cccc(F)c1)C(=O)NC[C@@H](c1ccco1)N(C)C. The van der Waals surface area contributed by atoms with Crippen LogP contribution in [0.1, 0.15) is 18.7 Å². The number of hydrogen-bond donors (Lipinski definition) is 1. The van der Waals surface area contributed by atoms with Crippen LogP contribution in [0.5, 0.6) is 5.75 Å². The second-order valence-corrected chi connectivity index (χ2v) is 5.46. The van der Waals surface area contributed by atoms with Crippen molar-refractivity contribution in [2.75, 3.05) is 20.6 Å². The number of furan rings is 1. The number of carbonyl (C=O) groups is 1. The summed E-state index contributed by atoms with van der Waals surface area (Å²) in [5.74, 6) is 0.421. The summed E-state index contributed by atoms with van der Waals surface area (Å²) in [7, 11) is 3.82. The number of carbonyl (C=O) groups excluding carboxylic acids is 1. The zero-order valence-corrected chi connectivity index (χ0v) is 13.5. The summed E-state index contributed by atoms with van der Waals surface area (Å²) in [5.41, 5.74) is 0. The number of benzene rings is 1. The van der Waals surface area contributed by atoms with Crippen molar-refractivity contribution in [3.05, 3.63) is 54.2 Å². The highest BCUT2D eigenvalue weighted by molar-refractivity contribution is 5.80. The zero-order chi connectivity index (χ0) is 16.8. The minimum Gasteiger partial charge on any atom is -0.481 e. The third-order valence-corrected chi connectivity index (χ3v) is 3.44. The van der Waals surface area contributed by atoms with E-state index in [1.54, 1.807) is 19.3 Å². The number of hydrogen-bond acceptors (Lipinski definition) is 4. The molecular formula is C17H21FN2O3. The highest BCUT2D eigenvalue weighted by Gasteiger charge is 2.20. The molecule has 1 N–H and O–H groups in total. The van der Waals surface area contributed by atoms with Gasteiger partial charge in [0.05, 0.1) is 12.3 Å². The van der Waals surface area contributed by atoms with Crippen LogP contribution in [0, 0.1) is 5.82 Å². The van der Waals surface area contributed by atoms with Gasteiger partial charge in [-0.3, -0.25) is 9.69 Å². The van der Waals surface area contributed by atoms with Crippen LogP contribution in [0.3, 0.4) is 0 Å². The second kappa shape index (κ2) is 7.78. The van der Waals surface area contributed by atoms with Crippen molar-refractivity contribution < 1.29 is 18.3 Å². The summed E-state index contributed by atoms with van der Waals surface area (Å²) in [5, 5.41) is 2.83. The van der Waals surface area contributed by atoms with Crippen LogP contribution in [0.4, 0.5) is 4.39 Å². The van der Waals surface area contributed by atoms with Gasteiger partial charge in [-0.15, -0.1) is 0 Å². The van der Waals surface area contributed by atoms with Gasteiger partial charge in [0.1, 0.15) is 17.3 Å². The quantitative estimate of drug-likeness (QED) is 0.852. The fourth-order valence-corrected chi connectivity index (χ4v) is 2.16. The first-order valence-electron chi connectivity index (χ1n) is 7.37. The Morgan fingerprint density at radius 1 is 1.35 bits per heavy atom. The highest BCUT2D eigenvalue weighted by atomic mass is 19.1. The van der Waals surface area contributed by atoms with Crippen molar-refractivity contribution in [2.24, 2.45) is 0 Å². The van der Waals surface area contributed by atoms with Crippen molar-refractivity contribution in [2.45, 2.75) is 19.1 Å². The number of nitrogens with one attached hydrogen (secondary N) is 1. The molecule has 5 nitrogen and oxygen atoms in total. The van der Waals surface area contributed by atoms with E-state index in [4.69, 9.17) is 9.15 Å². The molecule has 0 aliphatic rings. The Labute approximate surface area is 135 Å². The molecule has 0 unspecified atom stereocenters. The van der Waals surface area contributed by atoms with E-state index in [-0.39, 0.29) is 11.9 Å². The number of likely N-dealkylation sites (N-methyl/N-ethyl adjacent to an activating group) is 1. The predicted molar refractivity (Wildman–Crippen MR) is 84.6 cm³/mol. The Morgan fingerprint density at radius 3 is 2.74 bits per heavy atom. The molecule has 6 heteroatoms. The second-order valence-electron chi connectivity index (χ2n) is 5.46. The third-order valence-electron chi connectivity index (χ3n) is 3.44. The van der Waals surface area contributed by atoms with Gasteiger partial charge in [-0.2, -0.15) is 0 Å². The molecule has 0 radical (unpaired) electrons. The average molecular weight is 320 g/mol. The van der Waals surface area contributed by atoms with Crippen molar-refractivity contribution in [3.8, 4) is 5.75 Å². The lowest BCUT2D eigenvalue weighted by molar-refractivity contribution is -0.127. The minimum atomic E-state index is -0.726. The van der Waals surface area contributed by atoms with Crippen LogP contribution < -0.4 is 10.1 Å². The monoisotopic (exact) mass is 320 g/mol. The summed E-state index contributed by atoms with van der Waals surface area (Å²) in [6, 6.07) is 9.31. The molecule has 2 aromatic rings. The summed E-state index contributed by atoms with van der Waals surface area (Å²) < 4.78 is 24.0. The Morgan fingerprint density at radius 2 is 2.13 bits per heavy atom. The topological polar surface area (TPSA) is 54.7 Å². The first kappa shape index (κ1) is 17.0. The molecule has 0 saturated heterocycles. The molecule has 0 spiro atoms.